The van der Waals surface area contributed by atoms with Crippen LogP contribution in [0.4, 0.5) is 5.95 Å². The molecule has 0 saturated heterocycles. The van der Waals surface area contributed by atoms with Gasteiger partial charge in [0.05, 0.1) is 5.52 Å². The van der Waals surface area contributed by atoms with Gasteiger partial charge in [-0.05, 0) is 34.7 Å². The molecule has 0 aliphatic carbocycles. The summed E-state index contributed by atoms with van der Waals surface area (Å²) in [6, 6.07) is 3.78. The smallest absolute Gasteiger partial charge is 0.221 e. The number of rotatable bonds is 1. The van der Waals surface area contributed by atoms with Gasteiger partial charge < -0.3 is 5.73 Å². The zero-order valence-electron chi connectivity index (χ0n) is 8.71. The Morgan fingerprint density at radius 2 is 2.12 bits per heavy atom. The van der Waals surface area contributed by atoms with Crippen LogP contribution in [0.2, 0.25) is 0 Å². The highest BCUT2D eigenvalue weighted by Crippen LogP contribution is 2.24. The SMILES string of the molecule is Nc1nccc(-n2cc(I)c3cnccc32)n1. The van der Waals surface area contributed by atoms with Crippen molar-refractivity contribution in [3.05, 3.63) is 40.5 Å². The van der Waals surface area contributed by atoms with E-state index in [1.54, 1.807) is 12.4 Å². The third-order valence-electron chi connectivity index (χ3n) is 2.46. The van der Waals surface area contributed by atoms with Crippen molar-refractivity contribution in [2.45, 2.75) is 0 Å². The molecule has 0 spiro atoms. The maximum absolute atomic E-state index is 5.60. The molecule has 5 nitrogen and oxygen atoms in total. The molecule has 3 aromatic rings. The molecule has 0 aliphatic rings. The third kappa shape index (κ3) is 1.74. The number of nitrogens with zero attached hydrogens (tertiary/aromatic N) is 4. The number of pyridine rings is 1. The van der Waals surface area contributed by atoms with Gasteiger partial charge in [0.25, 0.3) is 0 Å². The summed E-state index contributed by atoms with van der Waals surface area (Å²) >= 11 is 2.28. The van der Waals surface area contributed by atoms with E-state index in [1.807, 2.05) is 29.1 Å². The highest BCUT2D eigenvalue weighted by molar-refractivity contribution is 14.1. The van der Waals surface area contributed by atoms with E-state index < -0.39 is 0 Å². The summed E-state index contributed by atoms with van der Waals surface area (Å²) in [5.41, 5.74) is 6.65. The predicted octanol–water partition coefficient (Wildman–Crippen LogP) is 2.00. The Morgan fingerprint density at radius 3 is 2.94 bits per heavy atom. The maximum Gasteiger partial charge on any atom is 0.221 e. The van der Waals surface area contributed by atoms with Crippen LogP contribution >= 0.6 is 22.6 Å². The largest absolute Gasteiger partial charge is 0.368 e. The number of nitrogen functional groups attached to an aromatic ring is 1. The van der Waals surface area contributed by atoms with Crippen LogP contribution in [0, 0.1) is 3.57 Å². The minimum Gasteiger partial charge on any atom is -0.368 e. The van der Waals surface area contributed by atoms with Gasteiger partial charge in [-0.1, -0.05) is 0 Å². The molecular weight excluding hydrogens is 329 g/mol. The molecule has 3 aromatic heterocycles. The zero-order valence-corrected chi connectivity index (χ0v) is 10.9. The number of hydrogen-bond acceptors (Lipinski definition) is 4. The summed E-state index contributed by atoms with van der Waals surface area (Å²) in [5, 5.41) is 1.10. The lowest BCUT2D eigenvalue weighted by atomic mass is 10.3. The molecule has 0 fully saturated rings. The van der Waals surface area contributed by atoms with E-state index in [1.165, 1.54) is 0 Å². The minimum atomic E-state index is 0.272. The highest BCUT2D eigenvalue weighted by atomic mass is 127. The number of anilines is 1. The van der Waals surface area contributed by atoms with E-state index in [2.05, 4.69) is 37.5 Å². The Kier molecular flexibility index (Phi) is 2.43. The molecule has 0 amide bonds. The van der Waals surface area contributed by atoms with Gasteiger partial charge in [0.1, 0.15) is 5.82 Å². The summed E-state index contributed by atoms with van der Waals surface area (Å²) in [6.45, 7) is 0. The number of hydrogen-bond donors (Lipinski definition) is 1. The molecule has 3 rings (SSSR count). The second-order valence-electron chi connectivity index (χ2n) is 3.51. The first-order chi connectivity index (χ1) is 8.25. The molecule has 0 aromatic carbocycles. The van der Waals surface area contributed by atoms with Crippen LogP contribution < -0.4 is 5.73 Å². The van der Waals surface area contributed by atoms with Crippen LogP contribution in [0.1, 0.15) is 0 Å². The van der Waals surface area contributed by atoms with Crippen LogP contribution in [0.25, 0.3) is 16.7 Å². The van der Waals surface area contributed by atoms with Gasteiger partial charge in [-0.3, -0.25) is 9.55 Å². The van der Waals surface area contributed by atoms with Crippen LogP contribution in [0.5, 0.6) is 0 Å². The van der Waals surface area contributed by atoms with Crippen molar-refractivity contribution in [2.24, 2.45) is 0 Å². The Bertz CT molecular complexity index is 691. The molecule has 0 atom stereocenters. The molecular formula is C11H8IN5. The quantitative estimate of drug-likeness (QED) is 0.690. The van der Waals surface area contributed by atoms with Gasteiger partial charge in [0.15, 0.2) is 0 Å². The third-order valence-corrected chi connectivity index (χ3v) is 3.32. The molecule has 0 radical (unpaired) electrons. The van der Waals surface area contributed by atoms with E-state index >= 15 is 0 Å². The van der Waals surface area contributed by atoms with Crippen molar-refractivity contribution in [3.8, 4) is 5.82 Å². The predicted molar refractivity (Wildman–Crippen MR) is 73.8 cm³/mol. The maximum atomic E-state index is 5.60. The first-order valence-corrected chi connectivity index (χ1v) is 6.03. The Hall–Kier alpha value is -1.70. The van der Waals surface area contributed by atoms with Gasteiger partial charge in [-0.15, -0.1) is 0 Å². The molecule has 6 heteroatoms. The zero-order chi connectivity index (χ0) is 11.8. The molecule has 17 heavy (non-hydrogen) atoms. The molecule has 0 aliphatic heterocycles. The van der Waals surface area contributed by atoms with Gasteiger partial charge in [-0.25, -0.2) is 4.98 Å². The highest BCUT2D eigenvalue weighted by Gasteiger charge is 2.08. The molecule has 0 unspecified atom stereocenters. The molecule has 3 heterocycles. The average Bonchev–Trinajstić information content (AvgIpc) is 2.68. The van der Waals surface area contributed by atoms with Crippen molar-refractivity contribution >= 4 is 39.4 Å². The molecule has 2 N–H and O–H groups in total. The monoisotopic (exact) mass is 337 g/mol. The van der Waals surface area contributed by atoms with Gasteiger partial charge >= 0.3 is 0 Å². The van der Waals surface area contributed by atoms with Crippen molar-refractivity contribution in [1.29, 1.82) is 0 Å². The van der Waals surface area contributed by atoms with Crippen LogP contribution in [0.15, 0.2) is 36.9 Å². The van der Waals surface area contributed by atoms with Crippen molar-refractivity contribution in [1.82, 2.24) is 19.5 Å². The lowest BCUT2D eigenvalue weighted by Crippen LogP contribution is -2.00. The van der Waals surface area contributed by atoms with Crippen LogP contribution in [-0.2, 0) is 0 Å². The first kappa shape index (κ1) is 10.5. The summed E-state index contributed by atoms with van der Waals surface area (Å²) in [7, 11) is 0. The van der Waals surface area contributed by atoms with Crippen LogP contribution in [-0.4, -0.2) is 19.5 Å². The van der Waals surface area contributed by atoms with E-state index in [0.29, 0.717) is 0 Å². The lowest BCUT2D eigenvalue weighted by Gasteiger charge is -2.03. The van der Waals surface area contributed by atoms with E-state index in [9.17, 15) is 0 Å². The van der Waals surface area contributed by atoms with E-state index in [0.717, 1.165) is 20.3 Å². The first-order valence-electron chi connectivity index (χ1n) is 4.95. The Balaban J connectivity index is 2.31. The Labute approximate surface area is 111 Å². The van der Waals surface area contributed by atoms with E-state index in [-0.39, 0.29) is 5.95 Å². The number of aromatic nitrogens is 4. The topological polar surface area (TPSA) is 69.6 Å². The number of fused-ring (bicyclic) bond motifs is 1. The molecule has 0 saturated carbocycles. The van der Waals surface area contributed by atoms with Gasteiger partial charge in [-0.2, -0.15) is 4.98 Å². The average molecular weight is 337 g/mol. The normalized spacial score (nSPS) is 10.9. The van der Waals surface area contributed by atoms with Crippen molar-refractivity contribution < 1.29 is 0 Å². The summed E-state index contributed by atoms with van der Waals surface area (Å²) in [6.07, 6.45) is 7.27. The van der Waals surface area contributed by atoms with E-state index in [4.69, 9.17) is 5.73 Å². The fraction of sp³-hybridized carbons (Fsp3) is 0. The second-order valence-corrected chi connectivity index (χ2v) is 4.68. The van der Waals surface area contributed by atoms with Gasteiger partial charge in [0, 0.05) is 33.7 Å². The summed E-state index contributed by atoms with van der Waals surface area (Å²) < 4.78 is 3.11. The number of nitrogens with two attached hydrogens (primary N) is 1. The minimum absolute atomic E-state index is 0.272. The Morgan fingerprint density at radius 1 is 1.24 bits per heavy atom. The summed E-state index contributed by atoms with van der Waals surface area (Å²) in [4.78, 5) is 12.2. The summed E-state index contributed by atoms with van der Waals surface area (Å²) in [5.74, 6) is 1.03. The fourth-order valence-corrected chi connectivity index (χ4v) is 2.42. The van der Waals surface area contributed by atoms with Crippen molar-refractivity contribution in [3.63, 3.8) is 0 Å². The molecule has 84 valence electrons. The van der Waals surface area contributed by atoms with Crippen molar-refractivity contribution in [2.75, 3.05) is 5.73 Å². The lowest BCUT2D eigenvalue weighted by molar-refractivity contribution is 1.02. The fourth-order valence-electron chi connectivity index (χ4n) is 1.72. The van der Waals surface area contributed by atoms with Crippen LogP contribution in [0.3, 0.4) is 0 Å². The molecule has 0 bridgehead atoms. The second kappa shape index (κ2) is 3.95. The van der Waals surface area contributed by atoms with Gasteiger partial charge in [0.2, 0.25) is 5.95 Å². The number of halogens is 1. The standard InChI is InChI=1S/C11H8IN5/c12-8-6-17(9-1-3-14-5-7(8)9)10-2-4-15-11(13)16-10/h1-6H,(H2,13,15,16).